The summed E-state index contributed by atoms with van der Waals surface area (Å²) in [6, 6.07) is 0. The Hall–Kier alpha value is 0.230. The van der Waals surface area contributed by atoms with Crippen LogP contribution in [0.25, 0.3) is 0 Å². The van der Waals surface area contributed by atoms with Crippen molar-refractivity contribution in [3.63, 3.8) is 0 Å². The SMILES string of the molecule is CCCC(O)C(O)(O)S. The van der Waals surface area contributed by atoms with Crippen LogP contribution in [0.5, 0.6) is 0 Å². The minimum absolute atomic E-state index is 0.344. The molecule has 0 amide bonds. The molecule has 0 aromatic heterocycles. The molecule has 56 valence electrons. The molecule has 0 fully saturated rings. The lowest BCUT2D eigenvalue weighted by atomic mass is 10.2. The fourth-order valence-corrected chi connectivity index (χ4v) is 0.596. The van der Waals surface area contributed by atoms with E-state index in [1.807, 2.05) is 6.92 Å². The maximum Gasteiger partial charge on any atom is 0.237 e. The summed E-state index contributed by atoms with van der Waals surface area (Å²) in [5, 5.41) is 23.7. The first kappa shape index (κ1) is 9.23. The predicted octanol–water partition coefficient (Wildman–Crippen LogP) is -0.284. The molecule has 9 heavy (non-hydrogen) atoms. The fraction of sp³-hybridized carbons (Fsp3) is 1.00. The van der Waals surface area contributed by atoms with Gasteiger partial charge in [-0.15, -0.1) is 12.6 Å². The number of hydrogen-bond donors (Lipinski definition) is 4. The third-order valence-electron chi connectivity index (χ3n) is 1.01. The Morgan fingerprint density at radius 1 is 1.56 bits per heavy atom. The minimum atomic E-state index is -2.24. The molecule has 1 atom stereocenters. The molecule has 0 aromatic rings. The Morgan fingerprint density at radius 3 is 2.11 bits per heavy atom. The molecule has 0 saturated heterocycles. The van der Waals surface area contributed by atoms with Crippen LogP contribution in [0.3, 0.4) is 0 Å². The van der Waals surface area contributed by atoms with Gasteiger partial charge < -0.3 is 15.3 Å². The molecule has 0 aliphatic rings. The lowest BCUT2D eigenvalue weighted by molar-refractivity contribution is -0.153. The second-order valence-corrected chi connectivity index (χ2v) is 2.65. The highest BCUT2D eigenvalue weighted by Gasteiger charge is 2.26. The average molecular weight is 152 g/mol. The molecule has 0 radical (unpaired) electrons. The van der Waals surface area contributed by atoms with Gasteiger partial charge in [0.2, 0.25) is 5.12 Å². The van der Waals surface area contributed by atoms with Gasteiger partial charge in [0.25, 0.3) is 0 Å². The van der Waals surface area contributed by atoms with Crippen molar-refractivity contribution < 1.29 is 15.3 Å². The number of hydrogen-bond acceptors (Lipinski definition) is 4. The van der Waals surface area contributed by atoms with Crippen LogP contribution in [-0.4, -0.2) is 26.5 Å². The summed E-state index contributed by atoms with van der Waals surface area (Å²) in [7, 11) is 0. The summed E-state index contributed by atoms with van der Waals surface area (Å²) in [5.74, 6) is 0. The quantitative estimate of drug-likeness (QED) is 0.332. The highest BCUT2D eigenvalue weighted by molar-refractivity contribution is 7.81. The molecule has 0 rings (SSSR count). The minimum Gasteiger partial charge on any atom is -0.387 e. The van der Waals surface area contributed by atoms with Crippen LogP contribution in [0.2, 0.25) is 0 Å². The highest BCUT2D eigenvalue weighted by atomic mass is 32.1. The number of rotatable bonds is 3. The fourth-order valence-electron chi connectivity index (χ4n) is 0.467. The number of aliphatic hydroxyl groups excluding tert-OH is 1. The van der Waals surface area contributed by atoms with Gasteiger partial charge in [0, 0.05) is 0 Å². The van der Waals surface area contributed by atoms with Gasteiger partial charge in [-0.25, -0.2) is 0 Å². The molecule has 0 spiro atoms. The van der Waals surface area contributed by atoms with Crippen molar-refractivity contribution in [2.24, 2.45) is 0 Å². The molecule has 3 N–H and O–H groups in total. The Kier molecular flexibility index (Phi) is 3.50. The normalized spacial score (nSPS) is 15.7. The number of thiol groups is 1. The Morgan fingerprint density at radius 2 is 2.00 bits per heavy atom. The standard InChI is InChI=1S/C5H12O3S/c1-2-3-4(6)5(7,8)9/h4,6-9H,2-3H2,1H3. The summed E-state index contributed by atoms with van der Waals surface area (Å²) in [5.41, 5.74) is 0. The Balaban J connectivity index is 3.59. The van der Waals surface area contributed by atoms with E-state index in [9.17, 15) is 0 Å². The largest absolute Gasteiger partial charge is 0.387 e. The summed E-state index contributed by atoms with van der Waals surface area (Å²) < 4.78 is 0. The Labute approximate surface area is 59.7 Å². The molecule has 0 aromatic carbocycles. The van der Waals surface area contributed by atoms with Crippen LogP contribution >= 0.6 is 12.6 Å². The molecule has 0 saturated carbocycles. The zero-order valence-corrected chi connectivity index (χ0v) is 6.17. The maximum atomic E-state index is 8.81. The van der Waals surface area contributed by atoms with E-state index in [4.69, 9.17) is 15.3 Å². The van der Waals surface area contributed by atoms with Crippen molar-refractivity contribution >= 4 is 12.6 Å². The molecular weight excluding hydrogens is 140 g/mol. The van der Waals surface area contributed by atoms with E-state index in [-0.39, 0.29) is 0 Å². The first-order valence-corrected chi connectivity index (χ1v) is 3.28. The van der Waals surface area contributed by atoms with Gasteiger partial charge in [-0.1, -0.05) is 13.3 Å². The van der Waals surface area contributed by atoms with Gasteiger partial charge in [0.15, 0.2) is 0 Å². The smallest absolute Gasteiger partial charge is 0.237 e. The van der Waals surface area contributed by atoms with Crippen molar-refractivity contribution in [2.45, 2.75) is 31.0 Å². The summed E-state index contributed by atoms with van der Waals surface area (Å²) in [6.07, 6.45) is -0.119. The van der Waals surface area contributed by atoms with E-state index in [2.05, 4.69) is 12.6 Å². The van der Waals surface area contributed by atoms with Crippen molar-refractivity contribution in [1.82, 2.24) is 0 Å². The van der Waals surface area contributed by atoms with E-state index in [0.29, 0.717) is 12.8 Å². The highest BCUT2D eigenvalue weighted by Crippen LogP contribution is 2.14. The molecule has 4 heteroatoms. The van der Waals surface area contributed by atoms with E-state index in [0.717, 1.165) is 0 Å². The van der Waals surface area contributed by atoms with Gasteiger partial charge in [0.05, 0.1) is 0 Å². The third-order valence-corrected chi connectivity index (χ3v) is 1.31. The van der Waals surface area contributed by atoms with E-state index in [1.54, 1.807) is 0 Å². The van der Waals surface area contributed by atoms with Crippen LogP contribution in [0.4, 0.5) is 0 Å². The molecule has 0 heterocycles. The molecule has 0 bridgehead atoms. The lowest BCUT2D eigenvalue weighted by Crippen LogP contribution is -2.36. The molecule has 0 aliphatic carbocycles. The first-order valence-electron chi connectivity index (χ1n) is 2.83. The van der Waals surface area contributed by atoms with Gasteiger partial charge >= 0.3 is 0 Å². The Bertz CT molecular complexity index is 78.8. The van der Waals surface area contributed by atoms with E-state index in [1.165, 1.54) is 0 Å². The van der Waals surface area contributed by atoms with Crippen molar-refractivity contribution in [2.75, 3.05) is 0 Å². The lowest BCUT2D eigenvalue weighted by Gasteiger charge is -2.20. The van der Waals surface area contributed by atoms with E-state index < -0.39 is 11.2 Å². The van der Waals surface area contributed by atoms with Crippen molar-refractivity contribution in [3.05, 3.63) is 0 Å². The molecular formula is C5H12O3S. The van der Waals surface area contributed by atoms with Crippen LogP contribution in [0.1, 0.15) is 19.8 Å². The van der Waals surface area contributed by atoms with Gasteiger partial charge in [0.1, 0.15) is 6.10 Å². The summed E-state index contributed by atoms with van der Waals surface area (Å²) in [6.45, 7) is 1.84. The average Bonchev–Trinajstić information content (AvgIpc) is 1.64. The first-order chi connectivity index (χ1) is 3.98. The second-order valence-electron chi connectivity index (χ2n) is 1.99. The van der Waals surface area contributed by atoms with Crippen LogP contribution in [0, 0.1) is 0 Å². The van der Waals surface area contributed by atoms with E-state index >= 15 is 0 Å². The van der Waals surface area contributed by atoms with Gasteiger partial charge in [-0.3, -0.25) is 0 Å². The molecule has 3 nitrogen and oxygen atoms in total. The molecule has 1 unspecified atom stereocenters. The third kappa shape index (κ3) is 3.75. The van der Waals surface area contributed by atoms with Crippen molar-refractivity contribution in [1.29, 1.82) is 0 Å². The van der Waals surface area contributed by atoms with Gasteiger partial charge in [-0.05, 0) is 6.42 Å². The maximum absolute atomic E-state index is 8.81. The van der Waals surface area contributed by atoms with Crippen molar-refractivity contribution in [3.8, 4) is 0 Å². The molecule has 0 aliphatic heterocycles. The number of aliphatic hydroxyl groups is 3. The van der Waals surface area contributed by atoms with Crippen LogP contribution in [0.15, 0.2) is 0 Å². The van der Waals surface area contributed by atoms with Crippen LogP contribution in [-0.2, 0) is 0 Å². The zero-order valence-electron chi connectivity index (χ0n) is 5.28. The zero-order chi connectivity index (χ0) is 7.49. The predicted molar refractivity (Wildman–Crippen MR) is 37.1 cm³/mol. The van der Waals surface area contributed by atoms with Crippen LogP contribution < -0.4 is 0 Å². The van der Waals surface area contributed by atoms with Gasteiger partial charge in [-0.2, -0.15) is 0 Å². The second kappa shape index (κ2) is 3.41. The topological polar surface area (TPSA) is 60.7 Å². The summed E-state index contributed by atoms with van der Waals surface area (Å²) in [4.78, 5) is 0. The summed E-state index contributed by atoms with van der Waals surface area (Å²) >= 11 is 3.34. The monoisotopic (exact) mass is 152 g/mol.